The molecule has 4 aliphatic carbocycles. The molecule has 2 saturated heterocycles. The van der Waals surface area contributed by atoms with E-state index < -0.39 is 0 Å². The lowest BCUT2D eigenvalue weighted by molar-refractivity contribution is -0.207. The van der Waals surface area contributed by atoms with Gasteiger partial charge in [0.1, 0.15) is 0 Å². The average Bonchev–Trinajstić information content (AvgIpc) is 3.48. The minimum absolute atomic E-state index is 0.287. The van der Waals surface area contributed by atoms with Crippen LogP contribution in [0.2, 0.25) is 0 Å². The number of ether oxygens (including phenoxy) is 4. The number of rotatable bonds is 3. The Balaban J connectivity index is 1.35. The third-order valence-corrected chi connectivity index (χ3v) is 9.98. The van der Waals surface area contributed by atoms with Crippen LogP contribution in [0, 0.1) is 29.1 Å². The molecule has 4 heteroatoms. The van der Waals surface area contributed by atoms with Crippen molar-refractivity contribution in [3.63, 3.8) is 0 Å². The van der Waals surface area contributed by atoms with Gasteiger partial charge in [-0.2, -0.15) is 0 Å². The molecule has 0 bridgehead atoms. The Labute approximate surface area is 187 Å². The van der Waals surface area contributed by atoms with Crippen LogP contribution in [-0.2, 0) is 18.9 Å². The maximum atomic E-state index is 6.19. The third-order valence-electron chi connectivity index (χ3n) is 9.98. The molecule has 0 aromatic heterocycles. The largest absolute Gasteiger partial charge is 0.348 e. The standard InChI is InChI=1S/C27H40O4/c1-4-5-18-16-21-19(20-9-11-27(17-22(18)20)30-14-15-31-27)8-10-25(2)23(21)6-7-24(25)26(3)28-12-13-29-26/h8,18,21,23-24H,4-7,9-17H2,1-3H3/t18-,21+,23-,24-,25-/m0/s1. The molecule has 2 aliphatic heterocycles. The summed E-state index contributed by atoms with van der Waals surface area (Å²) < 4.78 is 24.7. The summed E-state index contributed by atoms with van der Waals surface area (Å²) >= 11 is 0. The Morgan fingerprint density at radius 1 is 1.00 bits per heavy atom. The van der Waals surface area contributed by atoms with Gasteiger partial charge in [-0.3, -0.25) is 0 Å². The Hall–Kier alpha value is -0.680. The number of hydrogen-bond acceptors (Lipinski definition) is 4. The first kappa shape index (κ1) is 20.9. The highest BCUT2D eigenvalue weighted by atomic mass is 16.7. The summed E-state index contributed by atoms with van der Waals surface area (Å²) in [5, 5.41) is 0. The molecule has 6 rings (SSSR count). The zero-order valence-corrected chi connectivity index (χ0v) is 19.7. The van der Waals surface area contributed by atoms with E-state index in [0.717, 1.165) is 51.6 Å². The van der Waals surface area contributed by atoms with E-state index in [1.165, 1.54) is 38.5 Å². The van der Waals surface area contributed by atoms with E-state index in [9.17, 15) is 0 Å². The SMILES string of the molecule is CCC[C@H]1C[C@@H]2C(=CC[C@]3(C)[C@@H](C4(C)OCCO4)CC[C@@H]23)C2=C1CC1(CC2)OCCO1. The highest BCUT2D eigenvalue weighted by Gasteiger charge is 2.60. The lowest BCUT2D eigenvalue weighted by Gasteiger charge is -2.52. The fourth-order valence-electron chi connectivity index (χ4n) is 8.66. The highest BCUT2D eigenvalue weighted by Crippen LogP contribution is 2.65. The van der Waals surface area contributed by atoms with Crippen LogP contribution in [-0.4, -0.2) is 38.0 Å². The Bertz CT molecular complexity index is 785. The van der Waals surface area contributed by atoms with Crippen LogP contribution in [0.25, 0.3) is 0 Å². The van der Waals surface area contributed by atoms with Crippen LogP contribution in [0.5, 0.6) is 0 Å². The van der Waals surface area contributed by atoms with Crippen molar-refractivity contribution in [2.75, 3.05) is 26.4 Å². The van der Waals surface area contributed by atoms with Gasteiger partial charge in [-0.1, -0.05) is 31.9 Å². The van der Waals surface area contributed by atoms with Crippen LogP contribution in [0.4, 0.5) is 0 Å². The fraction of sp³-hybridized carbons (Fsp3) is 0.852. The second kappa shape index (κ2) is 7.41. The monoisotopic (exact) mass is 428 g/mol. The van der Waals surface area contributed by atoms with Gasteiger partial charge in [0.15, 0.2) is 11.6 Å². The molecule has 172 valence electrons. The first-order chi connectivity index (χ1) is 15.0. The van der Waals surface area contributed by atoms with Gasteiger partial charge in [0, 0.05) is 18.8 Å². The van der Waals surface area contributed by atoms with Crippen molar-refractivity contribution >= 4 is 0 Å². The fourth-order valence-corrected chi connectivity index (χ4v) is 8.66. The summed E-state index contributed by atoms with van der Waals surface area (Å²) in [6.07, 6.45) is 13.4. The quantitative estimate of drug-likeness (QED) is 0.572. The predicted molar refractivity (Wildman–Crippen MR) is 119 cm³/mol. The van der Waals surface area contributed by atoms with Gasteiger partial charge in [0.05, 0.1) is 26.4 Å². The molecular weight excluding hydrogens is 388 g/mol. The predicted octanol–water partition coefficient (Wildman–Crippen LogP) is 5.77. The highest BCUT2D eigenvalue weighted by molar-refractivity contribution is 5.46. The van der Waals surface area contributed by atoms with Crippen molar-refractivity contribution in [1.29, 1.82) is 0 Å². The van der Waals surface area contributed by atoms with Crippen LogP contribution < -0.4 is 0 Å². The van der Waals surface area contributed by atoms with Gasteiger partial charge in [-0.05, 0) is 79.8 Å². The van der Waals surface area contributed by atoms with Crippen LogP contribution >= 0.6 is 0 Å². The summed E-state index contributed by atoms with van der Waals surface area (Å²) in [7, 11) is 0. The molecular formula is C27H40O4. The zero-order chi connectivity index (χ0) is 21.3. The lowest BCUT2D eigenvalue weighted by Crippen LogP contribution is -2.48. The Morgan fingerprint density at radius 2 is 1.74 bits per heavy atom. The van der Waals surface area contributed by atoms with E-state index in [-0.39, 0.29) is 17.0 Å². The van der Waals surface area contributed by atoms with E-state index in [1.54, 1.807) is 16.7 Å². The smallest absolute Gasteiger partial charge is 0.172 e. The summed E-state index contributed by atoms with van der Waals surface area (Å²) in [5.74, 6) is 1.97. The zero-order valence-electron chi connectivity index (χ0n) is 19.7. The molecule has 4 nitrogen and oxygen atoms in total. The van der Waals surface area contributed by atoms with Gasteiger partial charge in [-0.15, -0.1) is 0 Å². The van der Waals surface area contributed by atoms with Gasteiger partial charge in [0.25, 0.3) is 0 Å². The first-order valence-electron chi connectivity index (χ1n) is 13.0. The van der Waals surface area contributed by atoms with E-state index in [4.69, 9.17) is 18.9 Å². The molecule has 3 fully saturated rings. The van der Waals surface area contributed by atoms with Crippen molar-refractivity contribution in [1.82, 2.24) is 0 Å². The maximum Gasteiger partial charge on any atom is 0.172 e. The molecule has 0 unspecified atom stereocenters. The summed E-state index contributed by atoms with van der Waals surface area (Å²) in [4.78, 5) is 0. The topological polar surface area (TPSA) is 36.9 Å². The van der Waals surface area contributed by atoms with Crippen LogP contribution in [0.15, 0.2) is 22.8 Å². The Kier molecular flexibility index (Phi) is 5.00. The van der Waals surface area contributed by atoms with Crippen molar-refractivity contribution in [2.45, 2.75) is 90.1 Å². The summed E-state index contributed by atoms with van der Waals surface area (Å²) in [6.45, 7) is 10.1. The number of hydrogen-bond donors (Lipinski definition) is 0. The molecule has 0 aromatic rings. The molecule has 1 spiro atoms. The second-order valence-electron chi connectivity index (χ2n) is 11.4. The van der Waals surface area contributed by atoms with Gasteiger partial charge >= 0.3 is 0 Å². The van der Waals surface area contributed by atoms with E-state index in [2.05, 4.69) is 26.8 Å². The second-order valence-corrected chi connectivity index (χ2v) is 11.4. The molecule has 0 N–H and O–H groups in total. The minimum atomic E-state index is -0.384. The summed E-state index contributed by atoms with van der Waals surface area (Å²) in [5.41, 5.74) is 5.38. The molecule has 0 amide bonds. The van der Waals surface area contributed by atoms with E-state index >= 15 is 0 Å². The molecule has 5 atom stereocenters. The molecule has 0 radical (unpaired) electrons. The van der Waals surface area contributed by atoms with Gasteiger partial charge in [-0.25, -0.2) is 0 Å². The van der Waals surface area contributed by atoms with Gasteiger partial charge in [0.2, 0.25) is 0 Å². The van der Waals surface area contributed by atoms with Gasteiger partial charge < -0.3 is 18.9 Å². The maximum absolute atomic E-state index is 6.19. The van der Waals surface area contributed by atoms with E-state index in [1.807, 2.05) is 0 Å². The van der Waals surface area contributed by atoms with E-state index in [0.29, 0.717) is 17.8 Å². The molecule has 31 heavy (non-hydrogen) atoms. The van der Waals surface area contributed by atoms with Crippen LogP contribution in [0.1, 0.15) is 78.6 Å². The normalized spacial score (nSPS) is 43.0. The lowest BCUT2D eigenvalue weighted by atomic mass is 9.54. The van der Waals surface area contributed by atoms with Crippen molar-refractivity contribution in [3.8, 4) is 0 Å². The van der Waals surface area contributed by atoms with Crippen molar-refractivity contribution in [2.24, 2.45) is 29.1 Å². The Morgan fingerprint density at radius 3 is 2.48 bits per heavy atom. The van der Waals surface area contributed by atoms with Crippen molar-refractivity contribution < 1.29 is 18.9 Å². The third kappa shape index (κ3) is 3.08. The molecule has 6 aliphatic rings. The number of fused-ring (bicyclic) bond motifs is 4. The molecule has 2 heterocycles. The molecule has 0 aromatic carbocycles. The molecule has 1 saturated carbocycles. The average molecular weight is 429 g/mol. The van der Waals surface area contributed by atoms with Crippen molar-refractivity contribution in [3.05, 3.63) is 22.8 Å². The minimum Gasteiger partial charge on any atom is -0.348 e. The number of allylic oxidation sites excluding steroid dienone is 3. The summed E-state index contributed by atoms with van der Waals surface area (Å²) in [6, 6.07) is 0. The first-order valence-corrected chi connectivity index (χ1v) is 13.0. The van der Waals surface area contributed by atoms with Crippen LogP contribution in [0.3, 0.4) is 0 Å².